The second-order valence-corrected chi connectivity index (χ2v) is 23.2. The van der Waals surface area contributed by atoms with E-state index in [9.17, 15) is 19.8 Å². The first-order valence-corrected chi connectivity index (χ1v) is 33.8. The van der Waals surface area contributed by atoms with E-state index in [0.29, 0.717) is 19.4 Å². The van der Waals surface area contributed by atoms with E-state index in [1.165, 1.54) is 289 Å². The zero-order valence-electron chi connectivity index (χ0n) is 50.5. The Bertz CT molecular complexity index is 1210. The third-order valence-corrected chi connectivity index (χ3v) is 15.7. The molecular weight excluding hydrogens is 923 g/mol. The molecule has 2 unspecified atom stereocenters. The summed E-state index contributed by atoms with van der Waals surface area (Å²) in [5.74, 6) is -0.0532. The summed E-state index contributed by atoms with van der Waals surface area (Å²) in [6.07, 6.45) is 82.2. The zero-order valence-corrected chi connectivity index (χ0v) is 50.5. The van der Waals surface area contributed by atoms with Gasteiger partial charge >= 0.3 is 5.97 Å². The number of aliphatic hydroxyl groups excluding tert-OH is 2. The lowest BCUT2D eigenvalue weighted by molar-refractivity contribution is -0.143. The molecular formula is C69H131NO5. The standard InChI is InChI=1S/C69H131NO5/c1-3-5-7-9-11-13-15-17-18-19-33-36-39-43-47-51-55-59-63-69(74)75-64-60-56-52-48-44-40-37-34-31-29-27-25-23-21-20-22-24-26-28-30-32-35-38-42-46-50-54-58-62-68(73)70-66(65-71)67(72)61-57-53-49-45-41-16-14-12-10-8-6-4-2/h13,15,18-19,57,61,66-67,71-72H,3-12,14,16-17,20-56,58-60,62-65H2,1-2H3,(H,70,73)/b15-13-,19-18-,61-57+. The van der Waals surface area contributed by atoms with Crippen LogP contribution in [0.15, 0.2) is 36.5 Å². The zero-order chi connectivity index (χ0) is 54.3. The van der Waals surface area contributed by atoms with E-state index in [4.69, 9.17) is 4.74 Å². The molecule has 0 saturated carbocycles. The SMILES string of the molecule is CCCCCC/C=C\C/C=C\CCCCCCCCCC(=O)OCCCCCCCCCCCCCCCCCCCCCCCCCCCCCCC(=O)NC(CO)C(O)/C=C/CCCCCCCCCCCC. The summed E-state index contributed by atoms with van der Waals surface area (Å²) in [5.41, 5.74) is 0. The fourth-order valence-electron chi connectivity index (χ4n) is 10.5. The Morgan fingerprint density at radius 3 is 1.03 bits per heavy atom. The number of rotatable bonds is 63. The van der Waals surface area contributed by atoms with Gasteiger partial charge in [0.15, 0.2) is 0 Å². The predicted molar refractivity (Wildman–Crippen MR) is 329 cm³/mol. The summed E-state index contributed by atoms with van der Waals surface area (Å²) >= 11 is 0. The third kappa shape index (κ3) is 61.2. The van der Waals surface area contributed by atoms with E-state index in [2.05, 4.69) is 43.5 Å². The van der Waals surface area contributed by atoms with Crippen LogP contribution >= 0.6 is 0 Å². The van der Waals surface area contributed by atoms with Gasteiger partial charge in [0.2, 0.25) is 5.91 Å². The Morgan fingerprint density at radius 2 is 0.667 bits per heavy atom. The van der Waals surface area contributed by atoms with Crippen LogP contribution in [0.5, 0.6) is 0 Å². The minimum atomic E-state index is -0.841. The van der Waals surface area contributed by atoms with Crippen LogP contribution in [0.1, 0.15) is 367 Å². The summed E-state index contributed by atoms with van der Waals surface area (Å²) in [6, 6.07) is -0.624. The molecule has 0 aliphatic rings. The van der Waals surface area contributed by atoms with Gasteiger partial charge in [0.25, 0.3) is 0 Å². The lowest BCUT2D eigenvalue weighted by atomic mass is 10.0. The number of aliphatic hydroxyl groups is 2. The van der Waals surface area contributed by atoms with Crippen LogP contribution in [0.4, 0.5) is 0 Å². The maximum absolute atomic E-state index is 12.4. The first-order chi connectivity index (χ1) is 37.0. The highest BCUT2D eigenvalue weighted by Crippen LogP contribution is 2.18. The van der Waals surface area contributed by atoms with E-state index in [0.717, 1.165) is 51.4 Å². The van der Waals surface area contributed by atoms with Gasteiger partial charge in [0.05, 0.1) is 25.4 Å². The molecule has 0 aromatic rings. The van der Waals surface area contributed by atoms with Gasteiger partial charge in [-0.3, -0.25) is 9.59 Å². The summed E-state index contributed by atoms with van der Waals surface area (Å²) in [6.45, 7) is 4.90. The van der Waals surface area contributed by atoms with Crippen molar-refractivity contribution in [1.29, 1.82) is 0 Å². The van der Waals surface area contributed by atoms with Gasteiger partial charge in [-0.1, -0.05) is 326 Å². The molecule has 0 rings (SSSR count). The molecule has 0 heterocycles. The summed E-state index contributed by atoms with van der Waals surface area (Å²) in [7, 11) is 0. The molecule has 6 heteroatoms. The van der Waals surface area contributed by atoms with Crippen LogP contribution < -0.4 is 5.32 Å². The van der Waals surface area contributed by atoms with E-state index in [1.807, 2.05) is 6.08 Å². The fourth-order valence-corrected chi connectivity index (χ4v) is 10.5. The maximum Gasteiger partial charge on any atom is 0.305 e. The van der Waals surface area contributed by atoms with Crippen LogP contribution in [0, 0.1) is 0 Å². The largest absolute Gasteiger partial charge is 0.466 e. The molecule has 0 radical (unpaired) electrons. The fraction of sp³-hybridized carbons (Fsp3) is 0.884. The van der Waals surface area contributed by atoms with Crippen molar-refractivity contribution in [3.8, 4) is 0 Å². The first-order valence-electron chi connectivity index (χ1n) is 33.8. The second-order valence-electron chi connectivity index (χ2n) is 23.2. The van der Waals surface area contributed by atoms with Crippen LogP contribution in [0.25, 0.3) is 0 Å². The normalized spacial score (nSPS) is 12.7. The van der Waals surface area contributed by atoms with E-state index < -0.39 is 12.1 Å². The van der Waals surface area contributed by atoms with Crippen LogP contribution in [0.3, 0.4) is 0 Å². The number of hydrogen-bond acceptors (Lipinski definition) is 5. The number of carbonyl (C=O) groups excluding carboxylic acids is 2. The summed E-state index contributed by atoms with van der Waals surface area (Å²) < 4.78 is 5.50. The van der Waals surface area contributed by atoms with E-state index in [-0.39, 0.29) is 18.5 Å². The highest BCUT2D eigenvalue weighted by Gasteiger charge is 2.18. The lowest BCUT2D eigenvalue weighted by Gasteiger charge is -2.20. The van der Waals surface area contributed by atoms with Gasteiger partial charge in [-0.25, -0.2) is 0 Å². The molecule has 0 fully saturated rings. The van der Waals surface area contributed by atoms with Gasteiger partial charge in [0, 0.05) is 12.8 Å². The topological polar surface area (TPSA) is 95.9 Å². The monoisotopic (exact) mass is 1050 g/mol. The Morgan fingerprint density at radius 1 is 0.373 bits per heavy atom. The Hall–Kier alpha value is -1.92. The Kier molecular flexibility index (Phi) is 63.0. The van der Waals surface area contributed by atoms with Gasteiger partial charge in [-0.05, 0) is 64.2 Å². The van der Waals surface area contributed by atoms with Crippen LogP contribution in [-0.4, -0.2) is 47.4 Å². The molecule has 75 heavy (non-hydrogen) atoms. The number of carbonyl (C=O) groups is 2. The molecule has 0 aliphatic heterocycles. The minimum absolute atomic E-state index is 0.0113. The quantitative estimate of drug-likeness (QED) is 0.0320. The molecule has 0 bridgehead atoms. The number of allylic oxidation sites excluding steroid dienone is 5. The lowest BCUT2D eigenvalue weighted by Crippen LogP contribution is -2.45. The first kappa shape index (κ1) is 73.1. The predicted octanol–water partition coefficient (Wildman–Crippen LogP) is 21.5. The van der Waals surface area contributed by atoms with Gasteiger partial charge in [-0.15, -0.1) is 0 Å². The molecule has 0 aromatic heterocycles. The Labute approximate surface area is 468 Å². The van der Waals surface area contributed by atoms with Crippen LogP contribution in [-0.2, 0) is 14.3 Å². The number of hydrogen-bond donors (Lipinski definition) is 3. The smallest absolute Gasteiger partial charge is 0.305 e. The molecule has 3 N–H and O–H groups in total. The number of unbranched alkanes of at least 4 members (excludes halogenated alkanes) is 48. The highest BCUT2D eigenvalue weighted by molar-refractivity contribution is 5.76. The van der Waals surface area contributed by atoms with Crippen molar-refractivity contribution in [2.45, 2.75) is 379 Å². The van der Waals surface area contributed by atoms with E-state index >= 15 is 0 Å². The van der Waals surface area contributed by atoms with Crippen molar-refractivity contribution in [3.05, 3.63) is 36.5 Å². The van der Waals surface area contributed by atoms with Crippen LogP contribution in [0.2, 0.25) is 0 Å². The molecule has 6 nitrogen and oxygen atoms in total. The van der Waals surface area contributed by atoms with Gasteiger partial charge < -0.3 is 20.3 Å². The molecule has 0 aliphatic carbocycles. The third-order valence-electron chi connectivity index (χ3n) is 15.7. The molecule has 442 valence electrons. The second kappa shape index (κ2) is 64.6. The van der Waals surface area contributed by atoms with Crippen molar-refractivity contribution < 1.29 is 24.5 Å². The summed E-state index contributed by atoms with van der Waals surface area (Å²) in [4.78, 5) is 24.5. The minimum Gasteiger partial charge on any atom is -0.466 e. The van der Waals surface area contributed by atoms with Gasteiger partial charge in [-0.2, -0.15) is 0 Å². The molecule has 0 aromatic carbocycles. The van der Waals surface area contributed by atoms with Crippen molar-refractivity contribution in [2.24, 2.45) is 0 Å². The average Bonchev–Trinajstić information content (AvgIpc) is 3.41. The molecule has 2 atom stereocenters. The van der Waals surface area contributed by atoms with Gasteiger partial charge in [0.1, 0.15) is 0 Å². The number of amides is 1. The highest BCUT2D eigenvalue weighted by atomic mass is 16.5. The Balaban J connectivity index is 3.34. The molecule has 1 amide bonds. The number of esters is 1. The number of ether oxygens (including phenoxy) is 1. The van der Waals surface area contributed by atoms with E-state index in [1.54, 1.807) is 6.08 Å². The van der Waals surface area contributed by atoms with Crippen molar-refractivity contribution >= 4 is 11.9 Å². The number of nitrogens with one attached hydrogen (secondary N) is 1. The maximum atomic E-state index is 12.4. The molecule has 0 saturated heterocycles. The van der Waals surface area contributed by atoms with Crippen molar-refractivity contribution in [1.82, 2.24) is 5.32 Å². The molecule has 0 spiro atoms. The van der Waals surface area contributed by atoms with Crippen molar-refractivity contribution in [2.75, 3.05) is 13.2 Å². The summed E-state index contributed by atoms with van der Waals surface area (Å²) in [5, 5.41) is 23.1. The average molecular weight is 1050 g/mol. The van der Waals surface area contributed by atoms with Crippen molar-refractivity contribution in [3.63, 3.8) is 0 Å².